The summed E-state index contributed by atoms with van der Waals surface area (Å²) in [5.74, 6) is 4.27. The molecule has 1 aliphatic rings. The van der Waals surface area contributed by atoms with Gasteiger partial charge >= 0.3 is 0 Å². The summed E-state index contributed by atoms with van der Waals surface area (Å²) in [5, 5.41) is 0. The molecule has 31 heavy (non-hydrogen) atoms. The van der Waals surface area contributed by atoms with Gasteiger partial charge in [-0.2, -0.15) is 11.8 Å². The number of para-hydroxylation sites is 1. The van der Waals surface area contributed by atoms with Gasteiger partial charge in [0.25, 0.3) is 0 Å². The first-order valence-corrected chi connectivity index (χ1v) is 12.5. The average molecular weight is 433 g/mol. The van der Waals surface area contributed by atoms with E-state index >= 15 is 0 Å². The van der Waals surface area contributed by atoms with Crippen LogP contribution in [-0.2, 0) is 19.4 Å². The Morgan fingerprint density at radius 2 is 1.71 bits per heavy atom. The number of thioether (sulfide) groups is 1. The highest BCUT2D eigenvalue weighted by Crippen LogP contribution is 2.38. The average Bonchev–Trinajstić information content (AvgIpc) is 2.97. The summed E-state index contributed by atoms with van der Waals surface area (Å²) in [6, 6.07) is 21.4. The molecule has 0 heterocycles. The van der Waals surface area contributed by atoms with E-state index in [2.05, 4.69) is 44.2 Å². The summed E-state index contributed by atoms with van der Waals surface area (Å²) in [6.07, 6.45) is 4.50. The second-order valence-corrected chi connectivity index (χ2v) is 9.51. The van der Waals surface area contributed by atoms with Crippen LogP contribution in [0.5, 0.6) is 11.5 Å². The number of ether oxygens (including phenoxy) is 2. The van der Waals surface area contributed by atoms with E-state index in [4.69, 9.17) is 9.47 Å². The Labute approximate surface area is 191 Å². The molecule has 0 amide bonds. The lowest BCUT2D eigenvalue weighted by molar-refractivity contribution is 0.306. The fraction of sp³-hybridized carbons (Fsp3) is 0.357. The Balaban J connectivity index is 1.54. The Bertz CT molecular complexity index is 997. The predicted molar refractivity (Wildman–Crippen MR) is 133 cm³/mol. The Morgan fingerprint density at radius 3 is 2.55 bits per heavy atom. The molecule has 0 aromatic heterocycles. The van der Waals surface area contributed by atoms with Crippen LogP contribution in [-0.4, -0.2) is 18.1 Å². The first-order valence-electron chi connectivity index (χ1n) is 11.4. The lowest BCUT2D eigenvalue weighted by Crippen LogP contribution is -2.02. The van der Waals surface area contributed by atoms with Crippen molar-refractivity contribution < 1.29 is 9.47 Å². The van der Waals surface area contributed by atoms with Crippen LogP contribution >= 0.6 is 11.8 Å². The fourth-order valence-corrected chi connectivity index (χ4v) is 4.91. The number of hydrogen-bond acceptors (Lipinski definition) is 3. The number of aryl methyl sites for hydroxylation is 3. The maximum atomic E-state index is 6.11. The molecule has 1 aliphatic carbocycles. The standard InChI is InChI=1S/C28H32O2S/c1-3-31-16-8-15-29-26-17-21(2)28-24(19-26)10-7-9-23-14-13-22(18-27(23)28)20-30-25-11-5-4-6-12-25/h4-6,11-14,17-19H,3,7-10,15-16,20H2,1-2H3. The minimum Gasteiger partial charge on any atom is -0.494 e. The highest BCUT2D eigenvalue weighted by Gasteiger charge is 2.18. The molecule has 4 rings (SSSR count). The summed E-state index contributed by atoms with van der Waals surface area (Å²) >= 11 is 1.98. The van der Waals surface area contributed by atoms with Gasteiger partial charge in [0, 0.05) is 0 Å². The van der Waals surface area contributed by atoms with Crippen LogP contribution in [0.25, 0.3) is 11.1 Å². The summed E-state index contributed by atoms with van der Waals surface area (Å²) in [7, 11) is 0. The molecule has 0 spiro atoms. The lowest BCUT2D eigenvalue weighted by Gasteiger charge is -2.17. The first-order chi connectivity index (χ1) is 15.2. The van der Waals surface area contributed by atoms with Crippen molar-refractivity contribution in [1.29, 1.82) is 0 Å². The summed E-state index contributed by atoms with van der Waals surface area (Å²) in [4.78, 5) is 0. The molecule has 2 nitrogen and oxygen atoms in total. The third kappa shape index (κ3) is 5.65. The lowest BCUT2D eigenvalue weighted by atomic mass is 9.91. The van der Waals surface area contributed by atoms with Crippen LogP contribution in [0, 0.1) is 6.92 Å². The molecule has 0 saturated carbocycles. The van der Waals surface area contributed by atoms with E-state index < -0.39 is 0 Å². The molecule has 0 unspecified atom stereocenters. The minimum absolute atomic E-state index is 0.586. The van der Waals surface area contributed by atoms with Gasteiger partial charge in [-0.15, -0.1) is 0 Å². The molecule has 162 valence electrons. The second-order valence-electron chi connectivity index (χ2n) is 8.12. The van der Waals surface area contributed by atoms with Crippen molar-refractivity contribution in [2.45, 2.75) is 46.1 Å². The van der Waals surface area contributed by atoms with Gasteiger partial charge < -0.3 is 9.47 Å². The number of hydrogen-bond donors (Lipinski definition) is 0. The largest absolute Gasteiger partial charge is 0.494 e. The molecular formula is C28H32O2S. The van der Waals surface area contributed by atoms with E-state index in [0.717, 1.165) is 37.4 Å². The van der Waals surface area contributed by atoms with Crippen molar-refractivity contribution in [2.75, 3.05) is 18.1 Å². The molecule has 0 N–H and O–H groups in total. The number of fused-ring (bicyclic) bond motifs is 3. The molecule has 0 aliphatic heterocycles. The van der Waals surface area contributed by atoms with E-state index in [1.807, 2.05) is 42.1 Å². The molecular weight excluding hydrogens is 400 g/mol. The van der Waals surface area contributed by atoms with Crippen LogP contribution in [0.2, 0.25) is 0 Å². The van der Waals surface area contributed by atoms with E-state index in [-0.39, 0.29) is 0 Å². The fourth-order valence-electron chi connectivity index (χ4n) is 4.30. The van der Waals surface area contributed by atoms with Crippen molar-refractivity contribution >= 4 is 11.8 Å². The van der Waals surface area contributed by atoms with Gasteiger partial charge in [0.2, 0.25) is 0 Å². The maximum Gasteiger partial charge on any atom is 0.119 e. The molecule has 0 radical (unpaired) electrons. The third-order valence-corrected chi connectivity index (χ3v) is 6.77. The zero-order chi connectivity index (χ0) is 21.5. The summed E-state index contributed by atoms with van der Waals surface area (Å²) in [5.41, 5.74) is 8.13. The topological polar surface area (TPSA) is 18.5 Å². The molecule has 3 aromatic carbocycles. The molecule has 0 fully saturated rings. The highest BCUT2D eigenvalue weighted by atomic mass is 32.2. The van der Waals surface area contributed by atoms with E-state index in [1.54, 1.807) is 0 Å². The zero-order valence-electron chi connectivity index (χ0n) is 18.7. The molecule has 0 bridgehead atoms. The second kappa shape index (κ2) is 10.8. The van der Waals surface area contributed by atoms with Gasteiger partial charge in [0.05, 0.1) is 6.61 Å². The van der Waals surface area contributed by atoms with Gasteiger partial charge in [0.15, 0.2) is 0 Å². The maximum absolute atomic E-state index is 6.11. The van der Waals surface area contributed by atoms with Gasteiger partial charge in [-0.1, -0.05) is 37.3 Å². The molecule has 3 heteroatoms. The zero-order valence-corrected chi connectivity index (χ0v) is 19.5. The van der Waals surface area contributed by atoms with Crippen molar-refractivity contribution in [1.82, 2.24) is 0 Å². The Hall–Kier alpha value is -2.39. The monoisotopic (exact) mass is 432 g/mol. The number of rotatable bonds is 9. The van der Waals surface area contributed by atoms with Crippen molar-refractivity contribution in [3.8, 4) is 22.6 Å². The normalized spacial score (nSPS) is 12.6. The van der Waals surface area contributed by atoms with Gasteiger partial charge in [-0.25, -0.2) is 0 Å². The SMILES string of the molecule is CCSCCCOc1cc(C)c2c(c1)CCCc1ccc(COc3ccccc3)cc1-2. The van der Waals surface area contributed by atoms with Crippen molar-refractivity contribution in [2.24, 2.45) is 0 Å². The summed E-state index contributed by atoms with van der Waals surface area (Å²) < 4.78 is 12.1. The smallest absolute Gasteiger partial charge is 0.119 e. The predicted octanol–water partition coefficient (Wildman–Crippen LogP) is 7.25. The van der Waals surface area contributed by atoms with E-state index in [0.29, 0.717) is 6.61 Å². The Kier molecular flexibility index (Phi) is 7.58. The number of benzene rings is 3. The van der Waals surface area contributed by atoms with Crippen LogP contribution in [0.1, 0.15) is 42.0 Å². The minimum atomic E-state index is 0.586. The van der Waals surface area contributed by atoms with Gasteiger partial charge in [-0.3, -0.25) is 0 Å². The van der Waals surface area contributed by atoms with E-state index in [9.17, 15) is 0 Å². The molecule has 0 atom stereocenters. The Morgan fingerprint density at radius 1 is 0.871 bits per heavy atom. The third-order valence-electron chi connectivity index (χ3n) is 5.78. The molecule has 3 aromatic rings. The summed E-state index contributed by atoms with van der Waals surface area (Å²) in [6.45, 7) is 5.81. The highest BCUT2D eigenvalue weighted by molar-refractivity contribution is 7.99. The molecule has 0 saturated heterocycles. The quantitative estimate of drug-likeness (QED) is 0.332. The van der Waals surface area contributed by atoms with Gasteiger partial charge in [-0.05, 0) is 108 Å². The first kappa shape index (κ1) is 21.8. The van der Waals surface area contributed by atoms with Crippen molar-refractivity contribution in [3.05, 3.63) is 82.9 Å². The van der Waals surface area contributed by atoms with Gasteiger partial charge in [0.1, 0.15) is 18.1 Å². The van der Waals surface area contributed by atoms with Crippen LogP contribution in [0.15, 0.2) is 60.7 Å². The van der Waals surface area contributed by atoms with E-state index in [1.165, 1.54) is 51.3 Å². The van der Waals surface area contributed by atoms with Crippen LogP contribution in [0.4, 0.5) is 0 Å². The van der Waals surface area contributed by atoms with Crippen molar-refractivity contribution in [3.63, 3.8) is 0 Å². The van der Waals surface area contributed by atoms with Crippen LogP contribution < -0.4 is 9.47 Å². The van der Waals surface area contributed by atoms with Crippen LogP contribution in [0.3, 0.4) is 0 Å².